The van der Waals surface area contributed by atoms with Crippen LogP contribution in [0.4, 0.5) is 0 Å². The van der Waals surface area contributed by atoms with Crippen molar-refractivity contribution < 1.29 is 13.0 Å². The molecule has 0 aliphatic carbocycles. The third-order valence-electron chi connectivity index (χ3n) is 2.01. The van der Waals surface area contributed by atoms with Gasteiger partial charge in [-0.1, -0.05) is 6.92 Å². The number of hydrogen-bond acceptors (Lipinski definition) is 3. The first-order valence-electron chi connectivity index (χ1n) is 4.49. The average Bonchev–Trinajstić information content (AvgIpc) is 1.95. The van der Waals surface area contributed by atoms with Crippen molar-refractivity contribution >= 4 is 10.1 Å². The van der Waals surface area contributed by atoms with Crippen LogP contribution in [0.15, 0.2) is 0 Å². The summed E-state index contributed by atoms with van der Waals surface area (Å²) in [6.07, 6.45) is 1.81. The van der Waals surface area contributed by atoms with Gasteiger partial charge in [0.25, 0.3) is 10.1 Å². The quantitative estimate of drug-likeness (QED) is 0.663. The molecule has 1 atom stereocenters. The Morgan fingerprint density at radius 1 is 1.38 bits per heavy atom. The van der Waals surface area contributed by atoms with Crippen LogP contribution < -0.4 is 0 Å². The van der Waals surface area contributed by atoms with Crippen LogP contribution in [-0.4, -0.2) is 43.8 Å². The maximum atomic E-state index is 10.8. The molecule has 0 saturated carbocycles. The average molecular weight is 209 g/mol. The van der Waals surface area contributed by atoms with Crippen molar-refractivity contribution in [1.29, 1.82) is 0 Å². The molecule has 0 aromatic heterocycles. The summed E-state index contributed by atoms with van der Waals surface area (Å²) in [6.45, 7) is 2.63. The molecule has 0 aliphatic rings. The number of hydrogen-bond donors (Lipinski definition) is 1. The fourth-order valence-corrected chi connectivity index (χ4v) is 2.08. The van der Waals surface area contributed by atoms with Gasteiger partial charge in [0.2, 0.25) is 0 Å². The van der Waals surface area contributed by atoms with Gasteiger partial charge in [-0.25, -0.2) is 0 Å². The van der Waals surface area contributed by atoms with E-state index in [9.17, 15) is 8.42 Å². The molecule has 1 unspecified atom stereocenters. The zero-order chi connectivity index (χ0) is 10.5. The first kappa shape index (κ1) is 12.9. The van der Waals surface area contributed by atoms with Gasteiger partial charge in [0.1, 0.15) is 0 Å². The second-order valence-corrected chi connectivity index (χ2v) is 5.19. The van der Waals surface area contributed by atoms with Crippen molar-refractivity contribution in [2.75, 3.05) is 20.6 Å². The molecule has 0 aromatic rings. The van der Waals surface area contributed by atoms with Gasteiger partial charge < -0.3 is 4.90 Å². The van der Waals surface area contributed by atoms with Crippen LogP contribution in [0.3, 0.4) is 0 Å². The van der Waals surface area contributed by atoms with Crippen molar-refractivity contribution in [2.24, 2.45) is 0 Å². The lowest BCUT2D eigenvalue weighted by Gasteiger charge is -2.13. The van der Waals surface area contributed by atoms with E-state index in [0.29, 0.717) is 12.8 Å². The van der Waals surface area contributed by atoms with Crippen LogP contribution in [0, 0.1) is 0 Å². The minimum absolute atomic E-state index is 0.478. The highest BCUT2D eigenvalue weighted by atomic mass is 32.2. The Kier molecular flexibility index (Phi) is 5.51. The topological polar surface area (TPSA) is 57.6 Å². The second kappa shape index (κ2) is 5.57. The molecule has 0 aromatic carbocycles. The SMILES string of the molecule is CCC(CCCN(C)C)S(=O)(=O)O. The van der Waals surface area contributed by atoms with E-state index in [4.69, 9.17) is 4.55 Å². The standard InChI is InChI=1S/C8H19NO3S/c1-4-8(13(10,11)12)6-5-7-9(2)3/h8H,4-7H2,1-3H3,(H,10,11,12). The molecule has 0 rings (SSSR count). The molecular formula is C8H19NO3S. The molecule has 0 bridgehead atoms. The first-order valence-corrected chi connectivity index (χ1v) is 5.99. The van der Waals surface area contributed by atoms with Crippen LogP contribution >= 0.6 is 0 Å². The van der Waals surface area contributed by atoms with Crippen LogP contribution in [0.2, 0.25) is 0 Å². The monoisotopic (exact) mass is 209 g/mol. The Labute approximate surface area is 80.7 Å². The molecule has 4 nitrogen and oxygen atoms in total. The van der Waals surface area contributed by atoms with Crippen molar-refractivity contribution in [3.63, 3.8) is 0 Å². The number of nitrogens with zero attached hydrogens (tertiary/aromatic N) is 1. The Bertz CT molecular complexity index is 224. The molecule has 0 amide bonds. The van der Waals surface area contributed by atoms with E-state index in [2.05, 4.69) is 0 Å². The molecule has 0 spiro atoms. The first-order chi connectivity index (χ1) is 5.88. The smallest absolute Gasteiger partial charge is 0.267 e. The summed E-state index contributed by atoms with van der Waals surface area (Å²) in [5.41, 5.74) is 0. The van der Waals surface area contributed by atoms with Crippen LogP contribution in [0.1, 0.15) is 26.2 Å². The van der Waals surface area contributed by atoms with Gasteiger partial charge in [0, 0.05) is 0 Å². The van der Waals surface area contributed by atoms with Crippen molar-refractivity contribution in [2.45, 2.75) is 31.4 Å². The van der Waals surface area contributed by atoms with Crippen molar-refractivity contribution in [1.82, 2.24) is 4.90 Å². The van der Waals surface area contributed by atoms with Gasteiger partial charge in [-0.05, 0) is 39.9 Å². The van der Waals surface area contributed by atoms with Gasteiger partial charge in [-0.3, -0.25) is 4.55 Å². The van der Waals surface area contributed by atoms with E-state index in [1.165, 1.54) is 0 Å². The minimum atomic E-state index is -3.83. The van der Waals surface area contributed by atoms with Crippen LogP contribution in [-0.2, 0) is 10.1 Å². The molecule has 0 heterocycles. The molecule has 5 heteroatoms. The van der Waals surface area contributed by atoms with E-state index in [-0.39, 0.29) is 0 Å². The highest BCUT2D eigenvalue weighted by molar-refractivity contribution is 7.86. The zero-order valence-electron chi connectivity index (χ0n) is 8.52. The second-order valence-electron chi connectivity index (χ2n) is 3.49. The van der Waals surface area contributed by atoms with E-state index in [1.54, 1.807) is 6.92 Å². The Hall–Kier alpha value is -0.130. The number of rotatable bonds is 6. The molecular weight excluding hydrogens is 190 g/mol. The predicted octanol–water partition coefficient (Wildman–Crippen LogP) is 0.995. The Balaban J connectivity index is 3.88. The molecule has 0 saturated heterocycles. The molecule has 0 aliphatic heterocycles. The molecule has 1 N–H and O–H groups in total. The molecule has 0 fully saturated rings. The third-order valence-corrected chi connectivity index (χ3v) is 3.42. The lowest BCUT2D eigenvalue weighted by molar-refractivity contribution is 0.385. The summed E-state index contributed by atoms with van der Waals surface area (Å²) in [5, 5.41) is -0.590. The maximum absolute atomic E-state index is 10.8. The Morgan fingerprint density at radius 3 is 2.23 bits per heavy atom. The van der Waals surface area contributed by atoms with E-state index in [0.717, 1.165) is 13.0 Å². The summed E-state index contributed by atoms with van der Waals surface area (Å²) < 4.78 is 30.4. The summed E-state index contributed by atoms with van der Waals surface area (Å²) >= 11 is 0. The summed E-state index contributed by atoms with van der Waals surface area (Å²) in [6, 6.07) is 0. The van der Waals surface area contributed by atoms with Crippen LogP contribution in [0.5, 0.6) is 0 Å². The van der Waals surface area contributed by atoms with Gasteiger partial charge in [-0.2, -0.15) is 8.42 Å². The molecule has 0 radical (unpaired) electrons. The normalized spacial score (nSPS) is 14.8. The van der Waals surface area contributed by atoms with Crippen molar-refractivity contribution in [3.8, 4) is 0 Å². The summed E-state index contributed by atoms with van der Waals surface area (Å²) in [5.74, 6) is 0. The predicted molar refractivity (Wildman–Crippen MR) is 53.4 cm³/mol. The van der Waals surface area contributed by atoms with Crippen molar-refractivity contribution in [3.05, 3.63) is 0 Å². The highest BCUT2D eigenvalue weighted by Gasteiger charge is 2.19. The third kappa shape index (κ3) is 6.01. The van der Waals surface area contributed by atoms with Crippen LogP contribution in [0.25, 0.3) is 0 Å². The Morgan fingerprint density at radius 2 is 1.92 bits per heavy atom. The largest absolute Gasteiger partial charge is 0.309 e. The van der Waals surface area contributed by atoms with Gasteiger partial charge in [0.15, 0.2) is 0 Å². The van der Waals surface area contributed by atoms with E-state index in [1.807, 2.05) is 19.0 Å². The molecule has 13 heavy (non-hydrogen) atoms. The van der Waals surface area contributed by atoms with Gasteiger partial charge in [-0.15, -0.1) is 0 Å². The lowest BCUT2D eigenvalue weighted by atomic mass is 10.2. The highest BCUT2D eigenvalue weighted by Crippen LogP contribution is 2.10. The fourth-order valence-electron chi connectivity index (χ4n) is 1.20. The summed E-state index contributed by atoms with van der Waals surface area (Å²) in [7, 11) is 0.0463. The zero-order valence-corrected chi connectivity index (χ0v) is 9.34. The van der Waals surface area contributed by atoms with E-state index < -0.39 is 15.4 Å². The van der Waals surface area contributed by atoms with Gasteiger partial charge in [0.05, 0.1) is 5.25 Å². The van der Waals surface area contributed by atoms with E-state index >= 15 is 0 Å². The molecule has 80 valence electrons. The maximum Gasteiger partial charge on any atom is 0.267 e. The van der Waals surface area contributed by atoms with Gasteiger partial charge >= 0.3 is 0 Å². The minimum Gasteiger partial charge on any atom is -0.309 e. The summed E-state index contributed by atoms with van der Waals surface area (Å²) in [4.78, 5) is 2.00. The lowest BCUT2D eigenvalue weighted by Crippen LogP contribution is -2.22. The fraction of sp³-hybridized carbons (Fsp3) is 1.00.